The first-order valence-electron chi connectivity index (χ1n) is 5.85. The molecule has 0 spiro atoms. The normalized spacial score (nSPS) is 23.0. The lowest BCUT2D eigenvalue weighted by Gasteiger charge is -2.20. The molecule has 98 valence electrons. The van der Waals surface area contributed by atoms with Gasteiger partial charge in [0, 0.05) is 17.4 Å². The molecule has 1 aromatic rings. The molecule has 1 aromatic carbocycles. The Balaban J connectivity index is 2.25. The fourth-order valence-electron chi connectivity index (χ4n) is 2.37. The molecule has 0 heterocycles. The van der Waals surface area contributed by atoms with Crippen molar-refractivity contribution in [3.63, 3.8) is 0 Å². The SMILES string of the molecule is CSC1CCCC1Nc1c(Cl)cccc1[N+](=O)[O-]. The largest absolute Gasteiger partial charge is 0.374 e. The van der Waals surface area contributed by atoms with Gasteiger partial charge in [-0.3, -0.25) is 10.1 Å². The fraction of sp³-hybridized carbons (Fsp3) is 0.500. The number of hydrogen-bond acceptors (Lipinski definition) is 4. The molecule has 2 atom stereocenters. The number of nitro groups is 1. The predicted molar refractivity (Wildman–Crippen MR) is 76.7 cm³/mol. The Morgan fingerprint density at radius 2 is 2.28 bits per heavy atom. The van der Waals surface area contributed by atoms with Crippen LogP contribution in [0.3, 0.4) is 0 Å². The number of anilines is 1. The number of rotatable bonds is 4. The van der Waals surface area contributed by atoms with Crippen molar-refractivity contribution in [2.24, 2.45) is 0 Å². The Morgan fingerprint density at radius 3 is 2.94 bits per heavy atom. The topological polar surface area (TPSA) is 55.2 Å². The molecule has 1 aliphatic carbocycles. The van der Waals surface area contributed by atoms with Crippen molar-refractivity contribution in [3.8, 4) is 0 Å². The third-order valence-corrected chi connectivity index (χ3v) is 4.76. The summed E-state index contributed by atoms with van der Waals surface area (Å²) >= 11 is 7.87. The minimum Gasteiger partial charge on any atom is -0.374 e. The Hall–Kier alpha value is -0.940. The molecule has 1 N–H and O–H groups in total. The third-order valence-electron chi connectivity index (χ3n) is 3.27. The number of thioether (sulfide) groups is 1. The van der Waals surface area contributed by atoms with Gasteiger partial charge >= 0.3 is 0 Å². The van der Waals surface area contributed by atoms with Crippen molar-refractivity contribution in [1.82, 2.24) is 0 Å². The number of para-hydroxylation sites is 1. The summed E-state index contributed by atoms with van der Waals surface area (Å²) in [6, 6.07) is 5.03. The number of hydrogen-bond donors (Lipinski definition) is 1. The number of nitro benzene ring substituents is 1. The van der Waals surface area contributed by atoms with Gasteiger partial charge in [-0.25, -0.2) is 0 Å². The molecule has 2 unspecified atom stereocenters. The van der Waals surface area contributed by atoms with Gasteiger partial charge in [-0.05, 0) is 25.2 Å². The standard InChI is InChI=1S/C12H15ClN2O2S/c1-18-11-7-3-5-9(11)14-12-8(13)4-2-6-10(12)15(16)17/h2,4,6,9,11,14H,3,5,7H2,1H3. The molecule has 0 radical (unpaired) electrons. The zero-order valence-corrected chi connectivity index (χ0v) is 11.6. The van der Waals surface area contributed by atoms with Gasteiger partial charge in [0.05, 0.1) is 9.95 Å². The van der Waals surface area contributed by atoms with Crippen molar-refractivity contribution in [2.45, 2.75) is 30.6 Å². The number of benzene rings is 1. The molecule has 1 saturated carbocycles. The van der Waals surface area contributed by atoms with E-state index < -0.39 is 4.92 Å². The van der Waals surface area contributed by atoms with Gasteiger partial charge < -0.3 is 5.32 Å². The van der Waals surface area contributed by atoms with Crippen molar-refractivity contribution in [2.75, 3.05) is 11.6 Å². The zero-order chi connectivity index (χ0) is 13.1. The van der Waals surface area contributed by atoms with E-state index in [1.165, 1.54) is 6.07 Å². The van der Waals surface area contributed by atoms with E-state index in [9.17, 15) is 10.1 Å². The first kappa shape index (κ1) is 13.5. The lowest BCUT2D eigenvalue weighted by atomic mass is 10.2. The lowest BCUT2D eigenvalue weighted by molar-refractivity contribution is -0.384. The van der Waals surface area contributed by atoms with Gasteiger partial charge in [-0.15, -0.1) is 0 Å². The predicted octanol–water partition coefficient (Wildman–Crippen LogP) is 3.94. The summed E-state index contributed by atoms with van der Waals surface area (Å²) in [5.41, 5.74) is 0.504. The van der Waals surface area contributed by atoms with Gasteiger partial charge in [0.2, 0.25) is 0 Å². The van der Waals surface area contributed by atoms with Crippen molar-refractivity contribution in [3.05, 3.63) is 33.3 Å². The van der Waals surface area contributed by atoms with Gasteiger partial charge in [0.1, 0.15) is 5.69 Å². The van der Waals surface area contributed by atoms with E-state index in [4.69, 9.17) is 11.6 Å². The Morgan fingerprint density at radius 1 is 1.50 bits per heavy atom. The second-order valence-electron chi connectivity index (χ2n) is 4.35. The zero-order valence-electron chi connectivity index (χ0n) is 10.1. The maximum Gasteiger partial charge on any atom is 0.293 e. The highest BCUT2D eigenvalue weighted by atomic mass is 35.5. The molecule has 6 heteroatoms. The average molecular weight is 287 g/mol. The quantitative estimate of drug-likeness (QED) is 0.673. The summed E-state index contributed by atoms with van der Waals surface area (Å²) in [6.45, 7) is 0. The van der Waals surface area contributed by atoms with Crippen LogP contribution in [0, 0.1) is 10.1 Å². The van der Waals surface area contributed by atoms with E-state index in [0.717, 1.165) is 19.3 Å². The molecule has 4 nitrogen and oxygen atoms in total. The van der Waals surface area contributed by atoms with Gasteiger partial charge in [-0.2, -0.15) is 11.8 Å². The molecule has 0 saturated heterocycles. The van der Waals surface area contributed by atoms with Crippen LogP contribution in [0.4, 0.5) is 11.4 Å². The maximum absolute atomic E-state index is 11.0. The van der Waals surface area contributed by atoms with Crippen LogP contribution in [0.2, 0.25) is 5.02 Å². The van der Waals surface area contributed by atoms with Crippen LogP contribution in [-0.4, -0.2) is 22.5 Å². The van der Waals surface area contributed by atoms with E-state index in [1.54, 1.807) is 23.9 Å². The third kappa shape index (κ3) is 2.72. The first-order chi connectivity index (χ1) is 8.63. The highest BCUT2D eigenvalue weighted by Gasteiger charge is 2.29. The molecule has 1 fully saturated rings. The van der Waals surface area contributed by atoms with Crippen molar-refractivity contribution in [1.29, 1.82) is 0 Å². The minimum absolute atomic E-state index is 0.0502. The van der Waals surface area contributed by atoms with E-state index in [-0.39, 0.29) is 11.7 Å². The second kappa shape index (κ2) is 5.80. The maximum atomic E-state index is 11.0. The lowest BCUT2D eigenvalue weighted by Crippen LogP contribution is -2.26. The Bertz CT molecular complexity index is 456. The van der Waals surface area contributed by atoms with Crippen LogP contribution in [0.5, 0.6) is 0 Å². The summed E-state index contributed by atoms with van der Waals surface area (Å²) < 4.78 is 0. The molecule has 2 rings (SSSR count). The Kier molecular flexibility index (Phi) is 4.35. The molecule has 1 aliphatic rings. The molecule has 18 heavy (non-hydrogen) atoms. The average Bonchev–Trinajstić information content (AvgIpc) is 2.78. The summed E-state index contributed by atoms with van der Waals surface area (Å²) in [7, 11) is 0. The smallest absolute Gasteiger partial charge is 0.293 e. The highest BCUT2D eigenvalue weighted by molar-refractivity contribution is 7.99. The molecule has 0 bridgehead atoms. The van der Waals surface area contributed by atoms with Crippen LogP contribution >= 0.6 is 23.4 Å². The van der Waals surface area contributed by atoms with E-state index in [0.29, 0.717) is 16.0 Å². The van der Waals surface area contributed by atoms with Crippen LogP contribution in [0.15, 0.2) is 18.2 Å². The number of halogens is 1. The van der Waals surface area contributed by atoms with Gasteiger partial charge in [-0.1, -0.05) is 24.1 Å². The van der Waals surface area contributed by atoms with Crippen LogP contribution in [0.25, 0.3) is 0 Å². The monoisotopic (exact) mass is 286 g/mol. The molecule has 0 aromatic heterocycles. The van der Waals surface area contributed by atoms with Crippen molar-refractivity contribution < 1.29 is 4.92 Å². The first-order valence-corrected chi connectivity index (χ1v) is 7.52. The second-order valence-corrected chi connectivity index (χ2v) is 5.83. The van der Waals surface area contributed by atoms with Crippen LogP contribution in [-0.2, 0) is 0 Å². The molecule has 0 aliphatic heterocycles. The van der Waals surface area contributed by atoms with Gasteiger partial charge in [0.15, 0.2) is 0 Å². The van der Waals surface area contributed by atoms with Crippen LogP contribution in [0.1, 0.15) is 19.3 Å². The van der Waals surface area contributed by atoms with Gasteiger partial charge in [0.25, 0.3) is 5.69 Å². The molecular formula is C12H15ClN2O2S. The number of nitrogens with one attached hydrogen (secondary N) is 1. The van der Waals surface area contributed by atoms with Crippen molar-refractivity contribution >= 4 is 34.7 Å². The number of nitrogens with zero attached hydrogens (tertiary/aromatic N) is 1. The molecular weight excluding hydrogens is 272 g/mol. The van der Waals surface area contributed by atoms with E-state index in [1.807, 2.05) is 0 Å². The summed E-state index contributed by atoms with van der Waals surface area (Å²) in [5.74, 6) is 0. The summed E-state index contributed by atoms with van der Waals surface area (Å²) in [5, 5.41) is 15.2. The van der Waals surface area contributed by atoms with E-state index >= 15 is 0 Å². The van der Waals surface area contributed by atoms with E-state index in [2.05, 4.69) is 11.6 Å². The Labute approximate surface area is 115 Å². The molecule has 0 amide bonds. The minimum atomic E-state index is -0.392. The van der Waals surface area contributed by atoms with Crippen LogP contribution < -0.4 is 5.32 Å². The summed E-state index contributed by atoms with van der Waals surface area (Å²) in [6.07, 6.45) is 5.41. The summed E-state index contributed by atoms with van der Waals surface area (Å²) in [4.78, 5) is 10.6. The fourth-order valence-corrected chi connectivity index (χ4v) is 3.53. The highest BCUT2D eigenvalue weighted by Crippen LogP contribution is 2.37.